The van der Waals surface area contributed by atoms with Gasteiger partial charge < -0.3 is 10.4 Å². The van der Waals surface area contributed by atoms with E-state index in [-0.39, 0.29) is 5.60 Å². The van der Waals surface area contributed by atoms with Crippen molar-refractivity contribution in [1.29, 1.82) is 0 Å². The Bertz CT molecular complexity index is 164. The van der Waals surface area contributed by atoms with Gasteiger partial charge in [0.05, 0.1) is 5.60 Å². The molecule has 0 aromatic carbocycles. The molecule has 0 amide bonds. The number of unbranched alkanes of at least 4 members (excludes halogenated alkanes) is 4. The van der Waals surface area contributed by atoms with E-state index >= 15 is 0 Å². The summed E-state index contributed by atoms with van der Waals surface area (Å²) in [6.07, 6.45) is 12.3. The van der Waals surface area contributed by atoms with Gasteiger partial charge >= 0.3 is 0 Å². The van der Waals surface area contributed by atoms with Crippen molar-refractivity contribution in [3.8, 4) is 0 Å². The minimum Gasteiger partial charge on any atom is -0.389 e. The van der Waals surface area contributed by atoms with Crippen LogP contribution in [-0.4, -0.2) is 23.8 Å². The minimum absolute atomic E-state index is 0.387. The third kappa shape index (κ3) is 5.86. The third-order valence-electron chi connectivity index (χ3n) is 3.70. The highest BCUT2D eigenvalue weighted by atomic mass is 16.3. The van der Waals surface area contributed by atoms with Crippen LogP contribution in [0.2, 0.25) is 0 Å². The van der Waals surface area contributed by atoms with Crippen LogP contribution in [0, 0.1) is 0 Å². The van der Waals surface area contributed by atoms with Gasteiger partial charge in [0.2, 0.25) is 0 Å². The van der Waals surface area contributed by atoms with E-state index in [9.17, 15) is 5.11 Å². The molecule has 0 bridgehead atoms. The van der Waals surface area contributed by atoms with Crippen LogP contribution in [0.5, 0.6) is 0 Å². The summed E-state index contributed by atoms with van der Waals surface area (Å²) in [6, 6.07) is 0. The summed E-state index contributed by atoms with van der Waals surface area (Å²) in [5, 5.41) is 13.7. The van der Waals surface area contributed by atoms with E-state index in [0.717, 1.165) is 25.9 Å². The lowest BCUT2D eigenvalue weighted by Gasteiger charge is -2.32. The first kappa shape index (κ1) is 14.0. The molecule has 0 aliphatic heterocycles. The quantitative estimate of drug-likeness (QED) is 0.624. The number of aliphatic hydroxyl groups is 1. The number of hydrogen-bond donors (Lipinski definition) is 2. The maximum absolute atomic E-state index is 10.2. The molecule has 0 heterocycles. The lowest BCUT2D eigenvalue weighted by molar-refractivity contribution is 0.00504. The molecule has 96 valence electrons. The van der Waals surface area contributed by atoms with Gasteiger partial charge in [-0.15, -0.1) is 0 Å². The molecule has 1 fully saturated rings. The van der Waals surface area contributed by atoms with Gasteiger partial charge in [-0.25, -0.2) is 0 Å². The zero-order valence-electron chi connectivity index (χ0n) is 10.9. The highest BCUT2D eigenvalue weighted by molar-refractivity contribution is 4.84. The summed E-state index contributed by atoms with van der Waals surface area (Å²) in [6.45, 7) is 4.13. The molecule has 0 aromatic heterocycles. The van der Waals surface area contributed by atoms with E-state index < -0.39 is 0 Å². The lowest BCUT2D eigenvalue weighted by atomic mass is 9.85. The van der Waals surface area contributed by atoms with Gasteiger partial charge in [-0.3, -0.25) is 0 Å². The fraction of sp³-hybridized carbons (Fsp3) is 1.00. The van der Waals surface area contributed by atoms with E-state index in [1.165, 1.54) is 51.4 Å². The normalized spacial score (nSPS) is 19.9. The van der Waals surface area contributed by atoms with Crippen molar-refractivity contribution in [2.45, 2.75) is 76.7 Å². The Morgan fingerprint density at radius 2 is 1.69 bits per heavy atom. The Kier molecular flexibility index (Phi) is 7.06. The number of rotatable bonds is 8. The second-order valence-corrected chi connectivity index (χ2v) is 5.38. The number of nitrogens with one attached hydrogen (secondary N) is 1. The first-order valence-corrected chi connectivity index (χ1v) is 7.20. The molecule has 0 atom stereocenters. The molecular weight excluding hydrogens is 198 g/mol. The second kappa shape index (κ2) is 8.08. The Morgan fingerprint density at radius 3 is 2.38 bits per heavy atom. The molecule has 0 spiro atoms. The predicted octanol–water partition coefficient (Wildman–Crippen LogP) is 3.24. The van der Waals surface area contributed by atoms with Crippen LogP contribution in [0.1, 0.15) is 71.1 Å². The van der Waals surface area contributed by atoms with E-state index in [1.807, 2.05) is 0 Å². The second-order valence-electron chi connectivity index (χ2n) is 5.38. The number of hydrogen-bond acceptors (Lipinski definition) is 2. The van der Waals surface area contributed by atoms with E-state index in [0.29, 0.717) is 0 Å². The molecule has 16 heavy (non-hydrogen) atoms. The molecule has 2 heteroatoms. The molecule has 0 radical (unpaired) electrons. The van der Waals surface area contributed by atoms with Gasteiger partial charge in [0.25, 0.3) is 0 Å². The van der Waals surface area contributed by atoms with Crippen LogP contribution in [0.4, 0.5) is 0 Å². The Labute approximate surface area is 101 Å². The Balaban J connectivity index is 1.93. The maximum Gasteiger partial charge on any atom is 0.0771 e. The van der Waals surface area contributed by atoms with Crippen molar-refractivity contribution in [1.82, 2.24) is 5.32 Å². The van der Waals surface area contributed by atoms with Gasteiger partial charge in [-0.1, -0.05) is 51.9 Å². The molecule has 2 nitrogen and oxygen atoms in total. The largest absolute Gasteiger partial charge is 0.389 e. The first-order valence-electron chi connectivity index (χ1n) is 7.20. The predicted molar refractivity (Wildman–Crippen MR) is 69.7 cm³/mol. The molecule has 0 aromatic rings. The van der Waals surface area contributed by atoms with Crippen LogP contribution >= 0.6 is 0 Å². The monoisotopic (exact) mass is 227 g/mol. The molecular formula is C14H29NO. The van der Waals surface area contributed by atoms with Crippen LogP contribution in [0.25, 0.3) is 0 Å². The Morgan fingerprint density at radius 1 is 1.00 bits per heavy atom. The van der Waals surface area contributed by atoms with Crippen molar-refractivity contribution in [2.24, 2.45) is 0 Å². The van der Waals surface area contributed by atoms with E-state index in [2.05, 4.69) is 12.2 Å². The Hall–Kier alpha value is -0.0800. The van der Waals surface area contributed by atoms with Crippen molar-refractivity contribution in [3.63, 3.8) is 0 Å². The molecule has 0 unspecified atom stereocenters. The fourth-order valence-corrected chi connectivity index (χ4v) is 2.56. The summed E-state index contributed by atoms with van der Waals surface area (Å²) in [5.74, 6) is 0. The van der Waals surface area contributed by atoms with Crippen LogP contribution in [0.3, 0.4) is 0 Å². The van der Waals surface area contributed by atoms with Crippen molar-refractivity contribution >= 4 is 0 Å². The summed E-state index contributed by atoms with van der Waals surface area (Å²) in [7, 11) is 0. The summed E-state index contributed by atoms with van der Waals surface area (Å²) >= 11 is 0. The van der Waals surface area contributed by atoms with Crippen molar-refractivity contribution in [2.75, 3.05) is 13.1 Å². The van der Waals surface area contributed by atoms with Gasteiger partial charge in [0.1, 0.15) is 0 Å². The fourth-order valence-electron chi connectivity index (χ4n) is 2.56. The molecule has 1 aliphatic carbocycles. The smallest absolute Gasteiger partial charge is 0.0771 e. The topological polar surface area (TPSA) is 32.3 Å². The zero-order chi connectivity index (χ0) is 11.7. The minimum atomic E-state index is -0.387. The lowest BCUT2D eigenvalue weighted by Crippen LogP contribution is -2.42. The summed E-state index contributed by atoms with van der Waals surface area (Å²) in [4.78, 5) is 0. The van der Waals surface area contributed by atoms with Crippen LogP contribution in [0.15, 0.2) is 0 Å². The average molecular weight is 227 g/mol. The molecule has 2 N–H and O–H groups in total. The molecule has 1 saturated carbocycles. The molecule has 0 saturated heterocycles. The van der Waals surface area contributed by atoms with Gasteiger partial charge in [-0.2, -0.15) is 0 Å². The van der Waals surface area contributed by atoms with Crippen LogP contribution in [-0.2, 0) is 0 Å². The molecule has 1 rings (SSSR count). The van der Waals surface area contributed by atoms with E-state index in [4.69, 9.17) is 0 Å². The SMILES string of the molecule is CCCCCCCNCC1(O)CCCCC1. The van der Waals surface area contributed by atoms with Gasteiger partial charge in [-0.05, 0) is 25.8 Å². The third-order valence-corrected chi connectivity index (χ3v) is 3.70. The van der Waals surface area contributed by atoms with Crippen molar-refractivity contribution < 1.29 is 5.11 Å². The summed E-state index contributed by atoms with van der Waals surface area (Å²) in [5.41, 5.74) is -0.387. The van der Waals surface area contributed by atoms with Gasteiger partial charge in [0, 0.05) is 6.54 Å². The van der Waals surface area contributed by atoms with E-state index in [1.54, 1.807) is 0 Å². The average Bonchev–Trinajstić information content (AvgIpc) is 2.29. The van der Waals surface area contributed by atoms with Crippen LogP contribution < -0.4 is 5.32 Å². The summed E-state index contributed by atoms with van der Waals surface area (Å²) < 4.78 is 0. The zero-order valence-corrected chi connectivity index (χ0v) is 10.9. The highest BCUT2D eigenvalue weighted by Crippen LogP contribution is 2.27. The maximum atomic E-state index is 10.2. The standard InChI is InChI=1S/C14H29NO/c1-2-3-4-5-9-12-15-13-14(16)10-7-6-8-11-14/h15-16H,2-13H2,1H3. The van der Waals surface area contributed by atoms with Crippen molar-refractivity contribution in [3.05, 3.63) is 0 Å². The molecule has 1 aliphatic rings. The first-order chi connectivity index (χ1) is 7.77. The van der Waals surface area contributed by atoms with Gasteiger partial charge in [0.15, 0.2) is 0 Å². The highest BCUT2D eigenvalue weighted by Gasteiger charge is 2.28.